The molecule has 2 heterocycles. The van der Waals surface area contributed by atoms with Gasteiger partial charge in [-0.25, -0.2) is 4.79 Å². The predicted octanol–water partition coefficient (Wildman–Crippen LogP) is 3.43. The zero-order chi connectivity index (χ0) is 16.8. The second-order valence-electron chi connectivity index (χ2n) is 6.17. The van der Waals surface area contributed by atoms with Gasteiger partial charge in [0.25, 0.3) is 0 Å². The number of carbonyl (C=O) groups is 1. The molecule has 1 aromatic carbocycles. The number of amides is 2. The highest BCUT2D eigenvalue weighted by molar-refractivity contribution is 5.74. The minimum atomic E-state index is 0.0393. The Bertz CT molecular complexity index is 648. The number of nitrogens with one attached hydrogen (secondary N) is 1. The van der Waals surface area contributed by atoms with Gasteiger partial charge in [0.2, 0.25) is 11.7 Å². The van der Waals surface area contributed by atoms with E-state index >= 15 is 0 Å². The third kappa shape index (κ3) is 3.93. The van der Waals surface area contributed by atoms with Gasteiger partial charge in [0.05, 0.1) is 0 Å². The Kier molecular flexibility index (Phi) is 5.46. The number of aromatic nitrogens is 2. The van der Waals surface area contributed by atoms with Crippen molar-refractivity contribution in [2.24, 2.45) is 0 Å². The molecule has 0 unspecified atom stereocenters. The zero-order valence-corrected chi connectivity index (χ0v) is 14.1. The van der Waals surface area contributed by atoms with Crippen molar-refractivity contribution in [3.8, 4) is 11.4 Å². The van der Waals surface area contributed by atoms with Crippen LogP contribution in [0.2, 0.25) is 0 Å². The lowest BCUT2D eigenvalue weighted by molar-refractivity contribution is 0.175. The first-order chi connectivity index (χ1) is 11.8. The van der Waals surface area contributed by atoms with E-state index in [1.807, 2.05) is 35.2 Å². The molecule has 128 valence electrons. The van der Waals surface area contributed by atoms with Crippen molar-refractivity contribution in [3.05, 3.63) is 36.2 Å². The summed E-state index contributed by atoms with van der Waals surface area (Å²) in [7, 11) is 0. The molecule has 1 N–H and O–H groups in total. The molecule has 6 nitrogen and oxygen atoms in total. The van der Waals surface area contributed by atoms with Crippen LogP contribution in [-0.4, -0.2) is 40.7 Å². The summed E-state index contributed by atoms with van der Waals surface area (Å²) < 4.78 is 5.45. The molecule has 1 aliphatic rings. The molecular weight excluding hydrogens is 304 g/mol. The molecule has 2 amide bonds. The molecule has 0 spiro atoms. The Balaban J connectivity index is 1.54. The minimum absolute atomic E-state index is 0.0393. The topological polar surface area (TPSA) is 71.3 Å². The van der Waals surface area contributed by atoms with Gasteiger partial charge >= 0.3 is 6.03 Å². The van der Waals surface area contributed by atoms with E-state index in [-0.39, 0.29) is 11.9 Å². The molecule has 0 aliphatic carbocycles. The molecule has 2 aromatic rings. The Labute approximate surface area is 142 Å². The summed E-state index contributed by atoms with van der Waals surface area (Å²) in [6, 6.07) is 9.86. The van der Waals surface area contributed by atoms with Gasteiger partial charge in [-0.2, -0.15) is 4.98 Å². The average Bonchev–Trinajstić information content (AvgIpc) is 3.13. The van der Waals surface area contributed by atoms with E-state index in [0.717, 1.165) is 50.9 Å². The number of nitrogens with zero attached hydrogens (tertiary/aromatic N) is 3. The maximum atomic E-state index is 12.1. The van der Waals surface area contributed by atoms with Crippen LogP contribution in [0.25, 0.3) is 11.4 Å². The number of hydrogen-bond donors (Lipinski definition) is 1. The number of hydrogen-bond acceptors (Lipinski definition) is 4. The monoisotopic (exact) mass is 328 g/mol. The highest BCUT2D eigenvalue weighted by atomic mass is 16.5. The summed E-state index contributed by atoms with van der Waals surface area (Å²) in [5.41, 5.74) is 0.959. The lowest BCUT2D eigenvalue weighted by atomic mass is 9.97. The molecule has 0 bridgehead atoms. The maximum absolute atomic E-state index is 12.1. The van der Waals surface area contributed by atoms with Crippen molar-refractivity contribution in [2.75, 3.05) is 19.6 Å². The fraction of sp³-hybridized carbons (Fsp3) is 0.500. The van der Waals surface area contributed by atoms with Crippen LogP contribution in [0.3, 0.4) is 0 Å². The zero-order valence-electron chi connectivity index (χ0n) is 14.1. The first kappa shape index (κ1) is 16.5. The van der Waals surface area contributed by atoms with E-state index in [1.54, 1.807) is 0 Å². The van der Waals surface area contributed by atoms with Crippen molar-refractivity contribution in [2.45, 2.75) is 38.5 Å². The third-order valence-corrected chi connectivity index (χ3v) is 4.41. The molecule has 6 heteroatoms. The number of unbranched alkanes of at least 4 members (excludes halogenated alkanes) is 1. The van der Waals surface area contributed by atoms with Gasteiger partial charge in [0.1, 0.15) is 0 Å². The Morgan fingerprint density at radius 3 is 2.75 bits per heavy atom. The highest BCUT2D eigenvalue weighted by Gasteiger charge is 2.27. The highest BCUT2D eigenvalue weighted by Crippen LogP contribution is 2.28. The van der Waals surface area contributed by atoms with E-state index < -0.39 is 0 Å². The summed E-state index contributed by atoms with van der Waals surface area (Å²) in [6.45, 7) is 4.32. The Morgan fingerprint density at radius 2 is 2.04 bits per heavy atom. The maximum Gasteiger partial charge on any atom is 0.317 e. The molecule has 24 heavy (non-hydrogen) atoms. The fourth-order valence-electron chi connectivity index (χ4n) is 2.92. The lowest BCUT2D eigenvalue weighted by Gasteiger charge is -2.30. The van der Waals surface area contributed by atoms with Crippen molar-refractivity contribution < 1.29 is 9.32 Å². The number of carbonyl (C=O) groups excluding carboxylic acids is 1. The van der Waals surface area contributed by atoms with Gasteiger partial charge in [0.15, 0.2) is 0 Å². The van der Waals surface area contributed by atoms with Crippen LogP contribution in [0.5, 0.6) is 0 Å². The number of likely N-dealkylation sites (tertiary alicyclic amines) is 1. The first-order valence-corrected chi connectivity index (χ1v) is 8.69. The molecule has 1 fully saturated rings. The summed E-state index contributed by atoms with van der Waals surface area (Å²) in [5.74, 6) is 1.54. The molecule has 1 aromatic heterocycles. The second kappa shape index (κ2) is 7.95. The van der Waals surface area contributed by atoms with E-state index in [2.05, 4.69) is 22.4 Å². The van der Waals surface area contributed by atoms with E-state index in [0.29, 0.717) is 11.7 Å². The van der Waals surface area contributed by atoms with Gasteiger partial charge in [-0.1, -0.05) is 48.8 Å². The van der Waals surface area contributed by atoms with Crippen LogP contribution in [0.1, 0.15) is 44.4 Å². The van der Waals surface area contributed by atoms with Crippen LogP contribution in [-0.2, 0) is 0 Å². The normalized spacial score (nSPS) is 15.5. The second-order valence-corrected chi connectivity index (χ2v) is 6.17. The molecule has 1 saturated heterocycles. The smallest absolute Gasteiger partial charge is 0.317 e. The standard InChI is InChI=1S/C18H24N4O2/c1-2-3-11-19-18(23)22-12-9-15(10-13-22)17-20-16(21-24-17)14-7-5-4-6-8-14/h4-8,15H,2-3,9-13H2,1H3,(H,19,23). The molecule has 0 radical (unpaired) electrons. The van der Waals surface area contributed by atoms with E-state index in [9.17, 15) is 4.79 Å². The largest absolute Gasteiger partial charge is 0.339 e. The van der Waals surface area contributed by atoms with E-state index in [1.165, 1.54) is 0 Å². The van der Waals surface area contributed by atoms with Crippen molar-refractivity contribution in [1.82, 2.24) is 20.4 Å². The quantitative estimate of drug-likeness (QED) is 0.854. The number of rotatable bonds is 5. The summed E-state index contributed by atoms with van der Waals surface area (Å²) in [6.07, 6.45) is 3.82. The van der Waals surface area contributed by atoms with Gasteiger partial charge in [-0.15, -0.1) is 0 Å². The Hall–Kier alpha value is -2.37. The third-order valence-electron chi connectivity index (χ3n) is 4.41. The van der Waals surface area contributed by atoms with Crippen LogP contribution in [0.15, 0.2) is 34.9 Å². The van der Waals surface area contributed by atoms with Gasteiger partial charge < -0.3 is 14.7 Å². The number of benzene rings is 1. The SMILES string of the molecule is CCCCNC(=O)N1CCC(c2nc(-c3ccccc3)no2)CC1. The molecular formula is C18H24N4O2. The molecule has 1 aliphatic heterocycles. The summed E-state index contributed by atoms with van der Waals surface area (Å²) >= 11 is 0. The van der Waals surface area contributed by atoms with Crippen LogP contribution in [0, 0.1) is 0 Å². The van der Waals surface area contributed by atoms with Crippen LogP contribution < -0.4 is 5.32 Å². The van der Waals surface area contributed by atoms with Crippen molar-refractivity contribution >= 4 is 6.03 Å². The lowest BCUT2D eigenvalue weighted by Crippen LogP contribution is -2.44. The minimum Gasteiger partial charge on any atom is -0.339 e. The van der Waals surface area contributed by atoms with Crippen molar-refractivity contribution in [1.29, 1.82) is 0 Å². The van der Waals surface area contributed by atoms with Gasteiger partial charge in [-0.05, 0) is 19.3 Å². The predicted molar refractivity (Wildman–Crippen MR) is 91.6 cm³/mol. The van der Waals surface area contributed by atoms with Gasteiger partial charge in [0, 0.05) is 31.1 Å². The van der Waals surface area contributed by atoms with Crippen molar-refractivity contribution in [3.63, 3.8) is 0 Å². The fourth-order valence-corrected chi connectivity index (χ4v) is 2.92. The molecule has 3 rings (SSSR count). The summed E-state index contributed by atoms with van der Waals surface area (Å²) in [5, 5.41) is 7.06. The summed E-state index contributed by atoms with van der Waals surface area (Å²) in [4.78, 5) is 18.5. The Morgan fingerprint density at radius 1 is 1.29 bits per heavy atom. The van der Waals surface area contributed by atoms with E-state index in [4.69, 9.17) is 4.52 Å². The average molecular weight is 328 g/mol. The van der Waals surface area contributed by atoms with Gasteiger partial charge in [-0.3, -0.25) is 0 Å². The van der Waals surface area contributed by atoms with Crippen LogP contribution >= 0.6 is 0 Å². The number of urea groups is 1. The number of piperidine rings is 1. The molecule has 0 atom stereocenters. The van der Waals surface area contributed by atoms with Crippen LogP contribution in [0.4, 0.5) is 4.79 Å². The molecule has 0 saturated carbocycles. The first-order valence-electron chi connectivity index (χ1n) is 8.69.